The van der Waals surface area contributed by atoms with Crippen LogP contribution >= 0.6 is 0 Å². The maximum atomic E-state index is 12.6. The van der Waals surface area contributed by atoms with Gasteiger partial charge in [-0.25, -0.2) is 4.68 Å². The molecule has 1 aromatic heterocycles. The molecule has 1 fully saturated rings. The quantitative estimate of drug-likeness (QED) is 0.866. The molecule has 2 aromatic rings. The first-order valence-corrected chi connectivity index (χ1v) is 8.61. The van der Waals surface area contributed by atoms with Crippen LogP contribution in [0.1, 0.15) is 32.3 Å². The number of benzene rings is 1. The molecule has 1 saturated heterocycles. The Morgan fingerprint density at radius 3 is 2.58 bits per heavy atom. The summed E-state index contributed by atoms with van der Waals surface area (Å²) in [7, 11) is 0. The zero-order valence-electron chi connectivity index (χ0n) is 14.6. The fourth-order valence-electron chi connectivity index (χ4n) is 2.98. The van der Waals surface area contributed by atoms with E-state index in [1.54, 1.807) is 11.6 Å². The Bertz CT molecular complexity index is 688. The SMILES string of the molecule is Cc1cn(-c2ccccc2)nc1OC(C)C(=O)N1CCC(C)CC1. The van der Waals surface area contributed by atoms with E-state index in [1.807, 2.05) is 48.4 Å². The zero-order valence-corrected chi connectivity index (χ0v) is 14.6. The van der Waals surface area contributed by atoms with Crippen LogP contribution in [0.25, 0.3) is 5.69 Å². The van der Waals surface area contributed by atoms with Crippen LogP contribution < -0.4 is 4.74 Å². The van der Waals surface area contributed by atoms with Gasteiger partial charge in [0.1, 0.15) is 0 Å². The molecule has 1 aliphatic heterocycles. The summed E-state index contributed by atoms with van der Waals surface area (Å²) in [6, 6.07) is 9.88. The van der Waals surface area contributed by atoms with E-state index in [-0.39, 0.29) is 5.91 Å². The number of carbonyl (C=O) groups is 1. The van der Waals surface area contributed by atoms with Gasteiger partial charge in [-0.2, -0.15) is 0 Å². The Balaban J connectivity index is 1.67. The lowest BCUT2D eigenvalue weighted by Gasteiger charge is -2.32. The molecule has 128 valence electrons. The fourth-order valence-corrected chi connectivity index (χ4v) is 2.98. The molecule has 1 unspecified atom stereocenters. The molecule has 0 bridgehead atoms. The predicted molar refractivity (Wildman–Crippen MR) is 93.4 cm³/mol. The molecule has 0 radical (unpaired) electrons. The lowest BCUT2D eigenvalue weighted by atomic mass is 9.99. The van der Waals surface area contributed by atoms with E-state index in [1.165, 1.54) is 0 Å². The Morgan fingerprint density at radius 1 is 1.25 bits per heavy atom. The third-order valence-electron chi connectivity index (χ3n) is 4.60. The molecule has 3 rings (SSSR count). The summed E-state index contributed by atoms with van der Waals surface area (Å²) < 4.78 is 7.65. The zero-order chi connectivity index (χ0) is 17.1. The minimum Gasteiger partial charge on any atom is -0.463 e. The monoisotopic (exact) mass is 327 g/mol. The number of hydrogen-bond donors (Lipinski definition) is 0. The smallest absolute Gasteiger partial charge is 0.263 e. The van der Waals surface area contributed by atoms with Crippen molar-refractivity contribution in [1.29, 1.82) is 0 Å². The maximum absolute atomic E-state index is 12.6. The van der Waals surface area contributed by atoms with E-state index in [0.29, 0.717) is 11.8 Å². The van der Waals surface area contributed by atoms with Crippen molar-refractivity contribution in [3.05, 3.63) is 42.1 Å². The number of rotatable bonds is 4. The van der Waals surface area contributed by atoms with Gasteiger partial charge in [0.15, 0.2) is 6.10 Å². The normalized spacial score (nSPS) is 16.9. The van der Waals surface area contributed by atoms with E-state index in [4.69, 9.17) is 4.74 Å². The Kier molecular flexibility index (Phi) is 4.88. The van der Waals surface area contributed by atoms with Gasteiger partial charge in [-0.05, 0) is 44.7 Å². The summed E-state index contributed by atoms with van der Waals surface area (Å²) in [5.41, 5.74) is 1.89. The molecular formula is C19H25N3O2. The van der Waals surface area contributed by atoms with Crippen molar-refractivity contribution >= 4 is 5.91 Å². The highest BCUT2D eigenvalue weighted by Gasteiger charge is 2.26. The van der Waals surface area contributed by atoms with E-state index in [0.717, 1.165) is 37.2 Å². The van der Waals surface area contributed by atoms with Gasteiger partial charge in [-0.3, -0.25) is 4.79 Å². The van der Waals surface area contributed by atoms with E-state index in [2.05, 4.69) is 12.0 Å². The lowest BCUT2D eigenvalue weighted by molar-refractivity contribution is -0.139. The molecule has 0 aliphatic carbocycles. The summed E-state index contributed by atoms with van der Waals surface area (Å²) >= 11 is 0. The highest BCUT2D eigenvalue weighted by Crippen LogP contribution is 2.21. The number of aryl methyl sites for hydroxylation is 1. The van der Waals surface area contributed by atoms with Crippen LogP contribution in [-0.4, -0.2) is 39.8 Å². The second-order valence-electron chi connectivity index (χ2n) is 6.67. The summed E-state index contributed by atoms with van der Waals surface area (Å²) in [4.78, 5) is 14.5. The van der Waals surface area contributed by atoms with Crippen molar-refractivity contribution < 1.29 is 9.53 Å². The number of para-hydroxylation sites is 1. The molecule has 0 spiro atoms. The minimum atomic E-state index is -0.517. The first kappa shape index (κ1) is 16.6. The first-order chi connectivity index (χ1) is 11.5. The second kappa shape index (κ2) is 7.07. The fraction of sp³-hybridized carbons (Fsp3) is 0.474. The molecule has 1 aliphatic rings. The summed E-state index contributed by atoms with van der Waals surface area (Å²) in [6.45, 7) is 7.64. The summed E-state index contributed by atoms with van der Waals surface area (Å²) in [5, 5.41) is 4.48. The van der Waals surface area contributed by atoms with Gasteiger partial charge in [0.05, 0.1) is 5.69 Å². The standard InChI is InChI=1S/C19H25N3O2/c1-14-9-11-21(12-10-14)19(23)16(3)24-18-15(2)13-22(20-18)17-7-5-4-6-8-17/h4-8,13-14,16H,9-12H2,1-3H3. The highest BCUT2D eigenvalue weighted by atomic mass is 16.5. The molecule has 1 atom stereocenters. The average molecular weight is 327 g/mol. The van der Waals surface area contributed by atoms with Crippen molar-refractivity contribution in [1.82, 2.24) is 14.7 Å². The summed E-state index contributed by atoms with van der Waals surface area (Å²) in [5.74, 6) is 1.27. The van der Waals surface area contributed by atoms with Crippen molar-refractivity contribution in [3.8, 4) is 11.6 Å². The van der Waals surface area contributed by atoms with E-state index < -0.39 is 6.10 Å². The van der Waals surface area contributed by atoms with E-state index in [9.17, 15) is 4.79 Å². The van der Waals surface area contributed by atoms with Crippen LogP contribution in [0.4, 0.5) is 0 Å². The number of carbonyl (C=O) groups excluding carboxylic acids is 1. The molecule has 24 heavy (non-hydrogen) atoms. The molecular weight excluding hydrogens is 302 g/mol. The van der Waals surface area contributed by atoms with Crippen LogP contribution in [0.5, 0.6) is 5.88 Å². The Labute approximate surface area is 143 Å². The van der Waals surface area contributed by atoms with Crippen LogP contribution in [0, 0.1) is 12.8 Å². The third-order valence-corrected chi connectivity index (χ3v) is 4.60. The van der Waals surface area contributed by atoms with Gasteiger partial charge >= 0.3 is 0 Å². The first-order valence-electron chi connectivity index (χ1n) is 8.61. The van der Waals surface area contributed by atoms with Gasteiger partial charge in [-0.15, -0.1) is 5.10 Å². The number of ether oxygens (including phenoxy) is 1. The number of piperidine rings is 1. The van der Waals surface area contributed by atoms with Crippen molar-refractivity contribution in [3.63, 3.8) is 0 Å². The number of aromatic nitrogens is 2. The Morgan fingerprint density at radius 2 is 1.92 bits per heavy atom. The van der Waals surface area contributed by atoms with Gasteiger partial charge in [-0.1, -0.05) is 25.1 Å². The van der Waals surface area contributed by atoms with Crippen molar-refractivity contribution in [2.24, 2.45) is 5.92 Å². The number of likely N-dealkylation sites (tertiary alicyclic amines) is 1. The van der Waals surface area contributed by atoms with Crippen molar-refractivity contribution in [2.45, 2.75) is 39.7 Å². The molecule has 1 aromatic carbocycles. The van der Waals surface area contributed by atoms with Crippen LogP contribution in [0.15, 0.2) is 36.5 Å². The van der Waals surface area contributed by atoms with Gasteiger partial charge in [0.2, 0.25) is 5.88 Å². The lowest BCUT2D eigenvalue weighted by Crippen LogP contribution is -2.44. The van der Waals surface area contributed by atoms with Gasteiger partial charge in [0.25, 0.3) is 5.91 Å². The molecule has 0 N–H and O–H groups in total. The molecule has 5 nitrogen and oxygen atoms in total. The molecule has 5 heteroatoms. The van der Waals surface area contributed by atoms with Crippen molar-refractivity contribution in [2.75, 3.05) is 13.1 Å². The molecule has 1 amide bonds. The second-order valence-corrected chi connectivity index (χ2v) is 6.67. The number of hydrogen-bond acceptors (Lipinski definition) is 3. The van der Waals surface area contributed by atoms with Crippen LogP contribution in [0.3, 0.4) is 0 Å². The topological polar surface area (TPSA) is 47.4 Å². The average Bonchev–Trinajstić information content (AvgIpc) is 2.96. The van der Waals surface area contributed by atoms with E-state index >= 15 is 0 Å². The third kappa shape index (κ3) is 3.61. The molecule has 0 saturated carbocycles. The largest absolute Gasteiger partial charge is 0.463 e. The molecule has 2 heterocycles. The number of nitrogens with zero attached hydrogens (tertiary/aromatic N) is 3. The maximum Gasteiger partial charge on any atom is 0.263 e. The van der Waals surface area contributed by atoms with Gasteiger partial charge < -0.3 is 9.64 Å². The Hall–Kier alpha value is -2.30. The highest BCUT2D eigenvalue weighted by molar-refractivity contribution is 5.81. The van der Waals surface area contributed by atoms with Crippen LogP contribution in [-0.2, 0) is 4.79 Å². The predicted octanol–water partition coefficient (Wildman–Crippen LogP) is 3.21. The summed E-state index contributed by atoms with van der Waals surface area (Å²) in [6.07, 6.45) is 3.54. The van der Waals surface area contributed by atoms with Crippen LogP contribution in [0.2, 0.25) is 0 Å². The minimum absolute atomic E-state index is 0.0514. The number of amides is 1. The van der Waals surface area contributed by atoms with Gasteiger partial charge in [0, 0.05) is 24.8 Å².